The maximum atomic E-state index is 12.0. The van der Waals surface area contributed by atoms with Gasteiger partial charge >= 0.3 is 6.36 Å². The normalized spacial score (nSPS) is 11.7. The quantitative estimate of drug-likeness (QED) is 0.816. The number of nitrogens with two attached hydrogens (primary N) is 1. The largest absolute Gasteiger partial charge is 0.574 e. The molecule has 6 heteroatoms. The third kappa shape index (κ3) is 2.16. The van der Waals surface area contributed by atoms with Gasteiger partial charge in [-0.2, -0.15) is 4.98 Å². The van der Waals surface area contributed by atoms with Crippen LogP contribution in [-0.2, 0) is 0 Å². The third-order valence-electron chi connectivity index (χ3n) is 1.97. The number of halogens is 3. The summed E-state index contributed by atoms with van der Waals surface area (Å²) in [6.07, 6.45) is -4.76. The number of alkyl halides is 3. The Labute approximate surface area is 88.6 Å². The Bertz CT molecular complexity index is 525. The van der Waals surface area contributed by atoms with E-state index in [1.165, 1.54) is 6.07 Å². The van der Waals surface area contributed by atoms with Gasteiger partial charge in [0.1, 0.15) is 5.82 Å². The molecule has 3 nitrogen and oxygen atoms in total. The maximum absolute atomic E-state index is 12.0. The molecular formula is C10H7F3N2O. The fourth-order valence-corrected chi connectivity index (χ4v) is 1.37. The van der Waals surface area contributed by atoms with E-state index in [4.69, 9.17) is 5.73 Å². The smallest absolute Gasteiger partial charge is 0.388 e. The minimum Gasteiger partial charge on any atom is -0.388 e. The lowest BCUT2D eigenvalue weighted by Crippen LogP contribution is -2.18. The number of benzene rings is 1. The zero-order valence-electron chi connectivity index (χ0n) is 7.95. The average molecular weight is 228 g/mol. The van der Waals surface area contributed by atoms with Crippen molar-refractivity contribution in [2.45, 2.75) is 6.36 Å². The van der Waals surface area contributed by atoms with E-state index in [1.807, 2.05) is 0 Å². The zero-order valence-corrected chi connectivity index (χ0v) is 7.95. The van der Waals surface area contributed by atoms with Gasteiger partial charge in [-0.15, -0.1) is 13.2 Å². The molecular weight excluding hydrogens is 221 g/mol. The standard InChI is InChI=1S/C10H7F3N2O/c11-10(12,13)16-8-5-6-3-1-2-4-7(6)9(14)15-8/h1-5H,(H2,14,15). The molecule has 16 heavy (non-hydrogen) atoms. The van der Waals surface area contributed by atoms with Crippen LogP contribution in [0.5, 0.6) is 5.88 Å². The molecule has 2 aromatic rings. The van der Waals surface area contributed by atoms with E-state index < -0.39 is 12.2 Å². The van der Waals surface area contributed by atoms with E-state index >= 15 is 0 Å². The van der Waals surface area contributed by atoms with Gasteiger partial charge in [0.25, 0.3) is 0 Å². The summed E-state index contributed by atoms with van der Waals surface area (Å²) >= 11 is 0. The zero-order chi connectivity index (χ0) is 11.8. The van der Waals surface area contributed by atoms with Crippen LogP contribution in [0.4, 0.5) is 19.0 Å². The van der Waals surface area contributed by atoms with E-state index in [9.17, 15) is 13.2 Å². The number of hydrogen-bond donors (Lipinski definition) is 1. The molecule has 0 saturated heterocycles. The Morgan fingerprint density at radius 3 is 2.56 bits per heavy atom. The van der Waals surface area contributed by atoms with E-state index in [0.717, 1.165) is 0 Å². The summed E-state index contributed by atoms with van der Waals surface area (Å²) in [5.74, 6) is -0.541. The van der Waals surface area contributed by atoms with Gasteiger partial charge in [0, 0.05) is 11.5 Å². The fourth-order valence-electron chi connectivity index (χ4n) is 1.37. The molecule has 0 aliphatic heterocycles. The monoisotopic (exact) mass is 228 g/mol. The molecule has 2 rings (SSSR count). The summed E-state index contributed by atoms with van der Waals surface area (Å²) in [6.45, 7) is 0. The number of rotatable bonds is 1. The first-order valence-corrected chi connectivity index (χ1v) is 4.37. The van der Waals surface area contributed by atoms with Crippen LogP contribution in [0.15, 0.2) is 30.3 Å². The van der Waals surface area contributed by atoms with Gasteiger partial charge in [0.05, 0.1) is 0 Å². The Morgan fingerprint density at radius 1 is 1.19 bits per heavy atom. The average Bonchev–Trinajstić information content (AvgIpc) is 2.15. The molecule has 0 radical (unpaired) electrons. The van der Waals surface area contributed by atoms with Gasteiger partial charge in [-0.1, -0.05) is 24.3 Å². The lowest BCUT2D eigenvalue weighted by atomic mass is 10.1. The molecule has 0 aliphatic rings. The molecule has 0 unspecified atom stereocenters. The van der Waals surface area contributed by atoms with Gasteiger partial charge in [-0.05, 0) is 5.39 Å². The van der Waals surface area contributed by atoms with Crippen molar-refractivity contribution in [2.24, 2.45) is 0 Å². The Morgan fingerprint density at radius 2 is 1.88 bits per heavy atom. The Kier molecular flexibility index (Phi) is 2.34. The number of hydrogen-bond acceptors (Lipinski definition) is 3. The lowest BCUT2D eigenvalue weighted by molar-refractivity contribution is -0.276. The van der Waals surface area contributed by atoms with E-state index in [1.54, 1.807) is 24.3 Å². The van der Waals surface area contributed by atoms with Crippen LogP contribution in [-0.4, -0.2) is 11.3 Å². The van der Waals surface area contributed by atoms with Crippen LogP contribution in [0.1, 0.15) is 0 Å². The van der Waals surface area contributed by atoms with Crippen molar-refractivity contribution in [1.82, 2.24) is 4.98 Å². The molecule has 1 heterocycles. The van der Waals surface area contributed by atoms with E-state index in [2.05, 4.69) is 9.72 Å². The molecule has 0 spiro atoms. The summed E-state index contributed by atoms with van der Waals surface area (Å²) in [4.78, 5) is 3.52. The second kappa shape index (κ2) is 3.55. The van der Waals surface area contributed by atoms with Crippen molar-refractivity contribution >= 4 is 16.6 Å². The molecule has 0 atom stereocenters. The number of fused-ring (bicyclic) bond motifs is 1. The molecule has 0 amide bonds. The first-order chi connectivity index (χ1) is 7.46. The van der Waals surface area contributed by atoms with Gasteiger partial charge in [-0.25, -0.2) is 0 Å². The van der Waals surface area contributed by atoms with Crippen LogP contribution in [0.3, 0.4) is 0 Å². The molecule has 84 valence electrons. The lowest BCUT2D eigenvalue weighted by Gasteiger charge is -2.09. The number of nitrogens with zero attached hydrogens (tertiary/aromatic N) is 1. The summed E-state index contributed by atoms with van der Waals surface area (Å²) < 4.78 is 39.6. The van der Waals surface area contributed by atoms with Gasteiger partial charge in [0.2, 0.25) is 5.88 Å². The highest BCUT2D eigenvalue weighted by Gasteiger charge is 2.32. The Balaban J connectivity index is 2.50. The van der Waals surface area contributed by atoms with E-state index in [-0.39, 0.29) is 5.82 Å². The minimum absolute atomic E-state index is 0.0114. The predicted molar refractivity (Wildman–Crippen MR) is 52.8 cm³/mol. The first-order valence-electron chi connectivity index (χ1n) is 4.37. The van der Waals surface area contributed by atoms with Crippen molar-refractivity contribution < 1.29 is 17.9 Å². The summed E-state index contributed by atoms with van der Waals surface area (Å²) in [7, 11) is 0. The highest BCUT2D eigenvalue weighted by molar-refractivity contribution is 5.91. The number of pyridine rings is 1. The Hall–Kier alpha value is -1.98. The second-order valence-electron chi connectivity index (χ2n) is 3.11. The number of ether oxygens (including phenoxy) is 1. The molecule has 1 aromatic heterocycles. The van der Waals surface area contributed by atoms with Crippen molar-refractivity contribution in [3.05, 3.63) is 30.3 Å². The van der Waals surface area contributed by atoms with Crippen LogP contribution in [0.2, 0.25) is 0 Å². The number of anilines is 1. The number of nitrogen functional groups attached to an aromatic ring is 1. The van der Waals surface area contributed by atoms with Crippen LogP contribution >= 0.6 is 0 Å². The van der Waals surface area contributed by atoms with Crippen LogP contribution in [0, 0.1) is 0 Å². The van der Waals surface area contributed by atoms with Crippen LogP contribution < -0.4 is 10.5 Å². The van der Waals surface area contributed by atoms with E-state index in [0.29, 0.717) is 10.8 Å². The highest BCUT2D eigenvalue weighted by atomic mass is 19.4. The topological polar surface area (TPSA) is 48.1 Å². The van der Waals surface area contributed by atoms with Crippen molar-refractivity contribution in [2.75, 3.05) is 5.73 Å². The van der Waals surface area contributed by atoms with Gasteiger partial charge < -0.3 is 10.5 Å². The molecule has 0 aliphatic carbocycles. The summed E-state index contributed by atoms with van der Waals surface area (Å²) in [5, 5.41) is 1.14. The van der Waals surface area contributed by atoms with Crippen molar-refractivity contribution in [3.63, 3.8) is 0 Å². The minimum atomic E-state index is -4.76. The summed E-state index contributed by atoms with van der Waals surface area (Å²) in [6, 6.07) is 7.93. The molecule has 1 aromatic carbocycles. The van der Waals surface area contributed by atoms with Gasteiger partial charge in [-0.3, -0.25) is 0 Å². The van der Waals surface area contributed by atoms with Crippen LogP contribution in [0.25, 0.3) is 10.8 Å². The molecule has 0 bridgehead atoms. The highest BCUT2D eigenvalue weighted by Crippen LogP contribution is 2.27. The summed E-state index contributed by atoms with van der Waals surface area (Å²) in [5.41, 5.74) is 5.52. The second-order valence-corrected chi connectivity index (χ2v) is 3.11. The fraction of sp³-hybridized carbons (Fsp3) is 0.100. The molecule has 0 fully saturated rings. The predicted octanol–water partition coefficient (Wildman–Crippen LogP) is 2.72. The number of aromatic nitrogens is 1. The van der Waals surface area contributed by atoms with Gasteiger partial charge in [0.15, 0.2) is 0 Å². The third-order valence-corrected chi connectivity index (χ3v) is 1.97. The maximum Gasteiger partial charge on any atom is 0.574 e. The van der Waals surface area contributed by atoms with Crippen molar-refractivity contribution in [1.29, 1.82) is 0 Å². The van der Waals surface area contributed by atoms with Crippen molar-refractivity contribution in [3.8, 4) is 5.88 Å². The molecule has 0 saturated carbocycles. The first kappa shape index (κ1) is 10.5. The SMILES string of the molecule is Nc1nc(OC(F)(F)F)cc2ccccc12. The molecule has 2 N–H and O–H groups in total.